The molecule has 1 heterocycles. The third-order valence-corrected chi connectivity index (χ3v) is 3.98. The number of anilines is 1. The molecule has 1 aromatic rings. The Kier molecular flexibility index (Phi) is 5.62. The fourth-order valence-corrected chi connectivity index (χ4v) is 2.74. The molecule has 0 saturated carbocycles. The van der Waals surface area contributed by atoms with Gasteiger partial charge in [-0.2, -0.15) is 0 Å². The van der Waals surface area contributed by atoms with Crippen LogP contribution in [0, 0.1) is 6.92 Å². The van der Waals surface area contributed by atoms with Crippen molar-refractivity contribution in [1.29, 1.82) is 0 Å². The lowest BCUT2D eigenvalue weighted by Crippen LogP contribution is -2.49. The third-order valence-electron chi connectivity index (χ3n) is 3.98. The number of nitrogens with one attached hydrogen (secondary N) is 1. The van der Waals surface area contributed by atoms with E-state index in [-0.39, 0.29) is 5.91 Å². The van der Waals surface area contributed by atoms with Gasteiger partial charge in [-0.1, -0.05) is 32.0 Å². The van der Waals surface area contributed by atoms with Crippen molar-refractivity contribution in [2.45, 2.75) is 33.2 Å². The summed E-state index contributed by atoms with van der Waals surface area (Å²) in [5.74, 6) is 0.271. The number of piperazine rings is 1. The minimum absolute atomic E-state index is 0.271. The molecule has 1 aliphatic heterocycles. The molecule has 0 aliphatic carbocycles. The zero-order chi connectivity index (χ0) is 15.2. The van der Waals surface area contributed by atoms with E-state index in [2.05, 4.69) is 55.3 Å². The van der Waals surface area contributed by atoms with E-state index in [0.29, 0.717) is 12.5 Å². The number of carbonyl (C=O) groups is 1. The molecule has 0 unspecified atom stereocenters. The standard InChI is InChI=1S/C17H27N3O/c1-14(2)18-9-8-17(21)20-12-10-19(11-13-20)16-7-5-4-6-15(16)3/h4-7,14,18H,8-13H2,1-3H3. The Hall–Kier alpha value is -1.55. The van der Waals surface area contributed by atoms with Crippen LogP contribution in [-0.4, -0.2) is 49.6 Å². The molecule has 116 valence electrons. The van der Waals surface area contributed by atoms with Gasteiger partial charge in [0.1, 0.15) is 0 Å². The van der Waals surface area contributed by atoms with Gasteiger partial charge in [-0.25, -0.2) is 0 Å². The summed E-state index contributed by atoms with van der Waals surface area (Å²) in [6, 6.07) is 8.90. The Morgan fingerprint density at radius 3 is 2.48 bits per heavy atom. The molecule has 4 heteroatoms. The summed E-state index contributed by atoms with van der Waals surface area (Å²) in [6.07, 6.45) is 0.600. The molecule has 0 bridgehead atoms. The largest absolute Gasteiger partial charge is 0.368 e. The lowest BCUT2D eigenvalue weighted by atomic mass is 10.1. The molecule has 0 radical (unpaired) electrons. The molecule has 1 N–H and O–H groups in total. The molecular formula is C17H27N3O. The second-order valence-electron chi connectivity index (χ2n) is 6.01. The van der Waals surface area contributed by atoms with Crippen LogP contribution in [0.1, 0.15) is 25.8 Å². The van der Waals surface area contributed by atoms with Crippen molar-refractivity contribution in [2.75, 3.05) is 37.6 Å². The minimum Gasteiger partial charge on any atom is -0.368 e. The Bertz CT molecular complexity index is 465. The van der Waals surface area contributed by atoms with E-state index in [1.807, 2.05) is 4.90 Å². The SMILES string of the molecule is Cc1ccccc1N1CCN(C(=O)CCNC(C)C)CC1. The van der Waals surface area contributed by atoms with E-state index in [0.717, 1.165) is 32.7 Å². The van der Waals surface area contributed by atoms with Crippen molar-refractivity contribution in [3.05, 3.63) is 29.8 Å². The lowest BCUT2D eigenvalue weighted by Gasteiger charge is -2.37. The van der Waals surface area contributed by atoms with Crippen molar-refractivity contribution in [1.82, 2.24) is 10.2 Å². The van der Waals surface area contributed by atoms with Crippen molar-refractivity contribution >= 4 is 11.6 Å². The molecule has 0 spiro atoms. The third kappa shape index (κ3) is 4.46. The number of hydrogen-bond acceptors (Lipinski definition) is 3. The Morgan fingerprint density at radius 2 is 1.86 bits per heavy atom. The highest BCUT2D eigenvalue weighted by Crippen LogP contribution is 2.20. The average molecular weight is 289 g/mol. The van der Waals surface area contributed by atoms with Crippen molar-refractivity contribution in [2.24, 2.45) is 0 Å². The van der Waals surface area contributed by atoms with Crippen molar-refractivity contribution in [3.8, 4) is 0 Å². The zero-order valence-electron chi connectivity index (χ0n) is 13.4. The average Bonchev–Trinajstić information content (AvgIpc) is 2.47. The van der Waals surface area contributed by atoms with Gasteiger partial charge in [0.05, 0.1) is 0 Å². The summed E-state index contributed by atoms with van der Waals surface area (Å²) >= 11 is 0. The van der Waals surface area contributed by atoms with E-state index >= 15 is 0 Å². The van der Waals surface area contributed by atoms with Gasteiger partial charge in [-0.15, -0.1) is 0 Å². The van der Waals surface area contributed by atoms with E-state index in [1.165, 1.54) is 11.3 Å². The maximum atomic E-state index is 12.2. The molecule has 0 aromatic heterocycles. The fourth-order valence-electron chi connectivity index (χ4n) is 2.74. The van der Waals surface area contributed by atoms with Gasteiger partial charge in [0, 0.05) is 50.9 Å². The molecule has 2 rings (SSSR count). The predicted octanol–water partition coefficient (Wildman–Crippen LogP) is 2.03. The first-order valence-electron chi connectivity index (χ1n) is 7.89. The van der Waals surface area contributed by atoms with Gasteiger partial charge in [-0.05, 0) is 18.6 Å². The summed E-state index contributed by atoms with van der Waals surface area (Å²) in [4.78, 5) is 16.5. The van der Waals surface area contributed by atoms with Gasteiger partial charge >= 0.3 is 0 Å². The maximum absolute atomic E-state index is 12.2. The zero-order valence-corrected chi connectivity index (χ0v) is 13.4. The first-order chi connectivity index (χ1) is 10.1. The van der Waals surface area contributed by atoms with Crippen LogP contribution in [0.3, 0.4) is 0 Å². The van der Waals surface area contributed by atoms with Crippen LogP contribution in [0.15, 0.2) is 24.3 Å². The molecule has 0 atom stereocenters. The van der Waals surface area contributed by atoms with E-state index < -0.39 is 0 Å². The molecule has 1 fully saturated rings. The quantitative estimate of drug-likeness (QED) is 0.901. The van der Waals surface area contributed by atoms with E-state index in [1.54, 1.807) is 0 Å². The second kappa shape index (κ2) is 7.46. The summed E-state index contributed by atoms with van der Waals surface area (Å²) in [7, 11) is 0. The molecule has 4 nitrogen and oxygen atoms in total. The van der Waals surface area contributed by atoms with E-state index in [4.69, 9.17) is 0 Å². The number of hydrogen-bond donors (Lipinski definition) is 1. The normalized spacial score (nSPS) is 15.6. The van der Waals surface area contributed by atoms with Crippen LogP contribution in [-0.2, 0) is 4.79 Å². The van der Waals surface area contributed by atoms with Gasteiger partial charge < -0.3 is 15.1 Å². The van der Waals surface area contributed by atoms with E-state index in [9.17, 15) is 4.79 Å². The number of rotatable bonds is 5. The second-order valence-corrected chi connectivity index (χ2v) is 6.01. The fraction of sp³-hybridized carbons (Fsp3) is 0.588. The predicted molar refractivity (Wildman–Crippen MR) is 87.7 cm³/mol. The lowest BCUT2D eigenvalue weighted by molar-refractivity contribution is -0.131. The van der Waals surface area contributed by atoms with Crippen LogP contribution >= 0.6 is 0 Å². The first-order valence-corrected chi connectivity index (χ1v) is 7.89. The molecule has 1 saturated heterocycles. The maximum Gasteiger partial charge on any atom is 0.223 e. The summed E-state index contributed by atoms with van der Waals surface area (Å²) in [5.41, 5.74) is 2.60. The molecule has 21 heavy (non-hydrogen) atoms. The minimum atomic E-state index is 0.271. The highest BCUT2D eigenvalue weighted by Gasteiger charge is 2.21. The van der Waals surface area contributed by atoms with Crippen LogP contribution in [0.2, 0.25) is 0 Å². The summed E-state index contributed by atoms with van der Waals surface area (Å²) in [6.45, 7) is 10.6. The number of nitrogens with zero attached hydrogens (tertiary/aromatic N) is 2. The van der Waals surface area contributed by atoms with Crippen LogP contribution in [0.4, 0.5) is 5.69 Å². The molecular weight excluding hydrogens is 262 g/mol. The number of benzene rings is 1. The van der Waals surface area contributed by atoms with Crippen LogP contribution < -0.4 is 10.2 Å². The number of carbonyl (C=O) groups excluding carboxylic acids is 1. The molecule has 1 amide bonds. The van der Waals surface area contributed by atoms with Crippen LogP contribution in [0.5, 0.6) is 0 Å². The first kappa shape index (κ1) is 15.8. The van der Waals surface area contributed by atoms with Crippen molar-refractivity contribution < 1.29 is 4.79 Å². The van der Waals surface area contributed by atoms with Gasteiger partial charge in [0.25, 0.3) is 0 Å². The van der Waals surface area contributed by atoms with Gasteiger partial charge in [0.2, 0.25) is 5.91 Å². The highest BCUT2D eigenvalue weighted by atomic mass is 16.2. The van der Waals surface area contributed by atoms with Gasteiger partial charge in [-0.3, -0.25) is 4.79 Å². The number of aryl methyl sites for hydroxylation is 1. The number of para-hydroxylation sites is 1. The summed E-state index contributed by atoms with van der Waals surface area (Å²) < 4.78 is 0. The molecule has 1 aliphatic rings. The highest BCUT2D eigenvalue weighted by molar-refractivity contribution is 5.76. The van der Waals surface area contributed by atoms with Crippen molar-refractivity contribution in [3.63, 3.8) is 0 Å². The Morgan fingerprint density at radius 1 is 1.19 bits per heavy atom. The molecule has 1 aromatic carbocycles. The Balaban J connectivity index is 1.80. The number of amides is 1. The Labute approximate surface area is 128 Å². The monoisotopic (exact) mass is 289 g/mol. The van der Waals surface area contributed by atoms with Gasteiger partial charge in [0.15, 0.2) is 0 Å². The summed E-state index contributed by atoms with van der Waals surface area (Å²) in [5, 5.41) is 3.30. The smallest absolute Gasteiger partial charge is 0.223 e. The van der Waals surface area contributed by atoms with Crippen LogP contribution in [0.25, 0.3) is 0 Å². The topological polar surface area (TPSA) is 35.6 Å².